The molecule has 2 N–H and O–H groups in total. The standard InChI is InChI=1S/C57H51N7O3/c1-40(65)61-33-31-47(32-34-61)56(67)59-37-42-25-29-48(30-26-42)57-63(38-43-13-4-2-5-14-43)52-21-10-11-22-53(52)64(57)49-18-12-15-44(35-49)39-62-51-20-9-8-19-50(51)60-54(62)45-27-23-41(24-28-45)36-58-55(66)46-16-6-3-7-17-46/h2-30,35,47H,31-34,36-39H2,1H3,(H-,58,59,66,67)/p+1. The van der Waals surface area contributed by atoms with Gasteiger partial charge in [-0.25, -0.2) is 9.55 Å². The molecule has 0 bridgehead atoms. The van der Waals surface area contributed by atoms with E-state index in [1.54, 1.807) is 6.92 Å². The van der Waals surface area contributed by atoms with Crippen LogP contribution in [0.5, 0.6) is 0 Å². The Morgan fingerprint density at radius 1 is 0.612 bits per heavy atom. The molecule has 3 amide bonds. The van der Waals surface area contributed by atoms with Crippen LogP contribution in [0, 0.1) is 5.92 Å². The summed E-state index contributed by atoms with van der Waals surface area (Å²) in [4.78, 5) is 44.7. The van der Waals surface area contributed by atoms with Crippen LogP contribution in [0.3, 0.4) is 0 Å². The summed E-state index contributed by atoms with van der Waals surface area (Å²) in [6.07, 6.45) is 1.37. The van der Waals surface area contributed by atoms with E-state index >= 15 is 0 Å². The van der Waals surface area contributed by atoms with E-state index in [0.717, 1.165) is 67.2 Å². The van der Waals surface area contributed by atoms with E-state index < -0.39 is 0 Å². The third-order valence-electron chi connectivity index (χ3n) is 12.9. The summed E-state index contributed by atoms with van der Waals surface area (Å²) in [5.41, 5.74) is 12.2. The van der Waals surface area contributed by atoms with Gasteiger partial charge in [-0.2, -0.15) is 4.57 Å². The summed E-state index contributed by atoms with van der Waals surface area (Å²) in [5.74, 6) is 1.84. The Balaban J connectivity index is 0.962. The van der Waals surface area contributed by atoms with E-state index in [9.17, 15) is 14.4 Å². The predicted molar refractivity (Wildman–Crippen MR) is 263 cm³/mol. The minimum atomic E-state index is -0.101. The summed E-state index contributed by atoms with van der Waals surface area (Å²) < 4.78 is 7.06. The van der Waals surface area contributed by atoms with Crippen LogP contribution >= 0.6 is 0 Å². The van der Waals surface area contributed by atoms with Crippen LogP contribution in [0.1, 0.15) is 52.4 Å². The molecule has 10 nitrogen and oxygen atoms in total. The number of hydrogen-bond acceptors (Lipinski definition) is 4. The van der Waals surface area contributed by atoms with E-state index in [0.29, 0.717) is 57.7 Å². The molecule has 67 heavy (non-hydrogen) atoms. The summed E-state index contributed by atoms with van der Waals surface area (Å²) >= 11 is 0. The Hall–Kier alpha value is -8.11. The van der Waals surface area contributed by atoms with Gasteiger partial charge in [-0.05, 0) is 95.8 Å². The van der Waals surface area contributed by atoms with Crippen molar-refractivity contribution in [2.24, 2.45) is 5.92 Å². The van der Waals surface area contributed by atoms with Gasteiger partial charge < -0.3 is 20.1 Å². The number of nitrogens with one attached hydrogen (secondary N) is 2. The van der Waals surface area contributed by atoms with Crippen molar-refractivity contribution < 1.29 is 19.0 Å². The van der Waals surface area contributed by atoms with E-state index in [-0.39, 0.29) is 23.6 Å². The Kier molecular flexibility index (Phi) is 12.2. The van der Waals surface area contributed by atoms with Crippen molar-refractivity contribution in [1.82, 2.24) is 29.7 Å². The maximum absolute atomic E-state index is 13.2. The van der Waals surface area contributed by atoms with E-state index in [1.807, 2.05) is 41.3 Å². The van der Waals surface area contributed by atoms with E-state index in [1.165, 1.54) is 5.56 Å². The smallest absolute Gasteiger partial charge is 0.295 e. The second-order valence-electron chi connectivity index (χ2n) is 17.3. The topological polar surface area (TPSA) is 105 Å². The molecule has 0 aliphatic carbocycles. The number of amides is 3. The first-order valence-corrected chi connectivity index (χ1v) is 23.0. The molecule has 0 spiro atoms. The predicted octanol–water partition coefficient (Wildman–Crippen LogP) is 9.50. The molecule has 10 heteroatoms. The van der Waals surface area contributed by atoms with Gasteiger partial charge in [0.05, 0.1) is 16.6 Å². The normalized spacial score (nSPS) is 12.9. The lowest BCUT2D eigenvalue weighted by molar-refractivity contribution is -0.651. The van der Waals surface area contributed by atoms with Crippen molar-refractivity contribution >= 4 is 39.8 Å². The number of aromatic nitrogens is 4. The third kappa shape index (κ3) is 9.24. The number of para-hydroxylation sites is 4. The zero-order valence-electron chi connectivity index (χ0n) is 37.5. The maximum Gasteiger partial charge on any atom is 0.295 e. The number of imidazole rings is 2. The molecule has 0 saturated carbocycles. The molecular formula is C57H52N7O3+. The fraction of sp³-hybridized carbons (Fsp3) is 0.175. The van der Waals surface area contributed by atoms with Gasteiger partial charge in [0.1, 0.15) is 18.1 Å². The highest BCUT2D eigenvalue weighted by atomic mass is 16.2. The number of hydrogen-bond donors (Lipinski definition) is 2. The second-order valence-corrected chi connectivity index (χ2v) is 17.3. The number of benzene rings is 7. The summed E-state index contributed by atoms with van der Waals surface area (Å²) in [7, 11) is 0. The quantitative estimate of drug-likeness (QED) is 0.113. The number of rotatable bonds is 13. The summed E-state index contributed by atoms with van der Waals surface area (Å²) in [6.45, 7) is 4.95. The average molecular weight is 883 g/mol. The van der Waals surface area contributed by atoms with Gasteiger partial charge >= 0.3 is 0 Å². The van der Waals surface area contributed by atoms with Gasteiger partial charge in [0.15, 0.2) is 11.0 Å². The molecule has 9 aromatic rings. The van der Waals surface area contributed by atoms with Crippen LogP contribution in [0.2, 0.25) is 0 Å². The van der Waals surface area contributed by atoms with Gasteiger partial charge in [-0.15, -0.1) is 0 Å². The molecule has 0 atom stereocenters. The van der Waals surface area contributed by atoms with Crippen LogP contribution < -0.4 is 15.2 Å². The second kappa shape index (κ2) is 19.2. The van der Waals surface area contributed by atoms with Crippen molar-refractivity contribution in [2.75, 3.05) is 13.1 Å². The van der Waals surface area contributed by atoms with Crippen LogP contribution in [0.4, 0.5) is 0 Å². The molecule has 3 heterocycles. The molecule has 2 aromatic heterocycles. The molecule has 1 aliphatic rings. The van der Waals surface area contributed by atoms with Gasteiger partial charge in [0.2, 0.25) is 11.8 Å². The number of fused-ring (bicyclic) bond motifs is 2. The highest BCUT2D eigenvalue weighted by molar-refractivity contribution is 5.94. The number of piperidine rings is 1. The summed E-state index contributed by atoms with van der Waals surface area (Å²) in [6, 6.07) is 62.3. The largest absolute Gasteiger partial charge is 0.352 e. The first-order valence-electron chi connectivity index (χ1n) is 23.0. The lowest BCUT2D eigenvalue weighted by atomic mass is 9.96. The van der Waals surface area contributed by atoms with Crippen molar-refractivity contribution in [3.63, 3.8) is 0 Å². The molecule has 0 unspecified atom stereocenters. The van der Waals surface area contributed by atoms with Gasteiger partial charge in [0, 0.05) is 56.7 Å². The summed E-state index contributed by atoms with van der Waals surface area (Å²) in [5, 5.41) is 6.20. The van der Waals surface area contributed by atoms with Crippen molar-refractivity contribution in [2.45, 2.75) is 45.9 Å². The number of carbonyl (C=O) groups excluding carboxylic acids is 3. The zero-order chi connectivity index (χ0) is 45.7. The Morgan fingerprint density at radius 3 is 1.94 bits per heavy atom. The monoisotopic (exact) mass is 882 g/mol. The van der Waals surface area contributed by atoms with Crippen LogP contribution in [0.25, 0.3) is 50.5 Å². The minimum Gasteiger partial charge on any atom is -0.352 e. The number of likely N-dealkylation sites (tertiary alicyclic amines) is 1. The van der Waals surface area contributed by atoms with E-state index in [4.69, 9.17) is 4.98 Å². The molecule has 7 aromatic carbocycles. The van der Waals surface area contributed by atoms with Crippen molar-refractivity contribution in [3.05, 3.63) is 210 Å². The maximum atomic E-state index is 13.2. The minimum absolute atomic E-state index is 0.0446. The lowest BCUT2D eigenvalue weighted by Gasteiger charge is -2.30. The molecule has 0 radical (unpaired) electrons. The first kappa shape index (κ1) is 42.8. The highest BCUT2D eigenvalue weighted by Crippen LogP contribution is 2.31. The van der Waals surface area contributed by atoms with Gasteiger partial charge in [0.25, 0.3) is 11.7 Å². The van der Waals surface area contributed by atoms with Gasteiger partial charge in [-0.3, -0.25) is 14.4 Å². The lowest BCUT2D eigenvalue weighted by Crippen LogP contribution is -2.42. The molecular weight excluding hydrogens is 831 g/mol. The van der Waals surface area contributed by atoms with Crippen LogP contribution in [-0.4, -0.2) is 49.8 Å². The fourth-order valence-corrected chi connectivity index (χ4v) is 9.34. The van der Waals surface area contributed by atoms with Gasteiger partial charge in [-0.1, -0.05) is 121 Å². The van der Waals surface area contributed by atoms with Crippen LogP contribution in [-0.2, 0) is 35.8 Å². The number of nitrogens with zero attached hydrogens (tertiary/aromatic N) is 5. The van der Waals surface area contributed by atoms with Crippen molar-refractivity contribution in [1.29, 1.82) is 0 Å². The Morgan fingerprint density at radius 2 is 1.22 bits per heavy atom. The molecule has 1 aliphatic heterocycles. The van der Waals surface area contributed by atoms with Crippen LogP contribution in [0.15, 0.2) is 182 Å². The van der Waals surface area contributed by atoms with E-state index in [2.05, 4.69) is 170 Å². The van der Waals surface area contributed by atoms with Crippen molar-refractivity contribution in [3.8, 4) is 28.5 Å². The average Bonchev–Trinajstić information content (AvgIpc) is 3.91. The SMILES string of the molecule is CC(=O)N1CCC(C(=O)NCc2ccc(-c3n(-c4cccc(Cn5c(-c6ccc(CNC(=O)c7ccccc7)cc6)nc6ccccc65)c4)c4ccccc4[n+]3Cc3ccccc3)cc2)CC1. The molecule has 1 saturated heterocycles. The molecule has 332 valence electrons. The molecule has 10 rings (SSSR count). The third-order valence-corrected chi connectivity index (χ3v) is 12.9. The number of carbonyl (C=O) groups is 3. The zero-order valence-corrected chi connectivity index (χ0v) is 37.5. The first-order chi connectivity index (χ1) is 32.9. The Labute approximate surface area is 390 Å². The Bertz CT molecular complexity index is 3210. The highest BCUT2D eigenvalue weighted by Gasteiger charge is 2.29. The molecule has 1 fully saturated rings. The fourth-order valence-electron chi connectivity index (χ4n) is 9.34.